The van der Waals surface area contributed by atoms with Crippen molar-refractivity contribution in [1.29, 1.82) is 0 Å². The highest BCUT2D eigenvalue weighted by Gasteiger charge is 2.21. The molecule has 2 amide bonds. The fourth-order valence-electron chi connectivity index (χ4n) is 2.27. The topological polar surface area (TPSA) is 44.8 Å². The van der Waals surface area contributed by atoms with Crippen molar-refractivity contribution in [3.8, 4) is 0 Å². The largest absolute Gasteiger partial charge is 0.374 e. The van der Waals surface area contributed by atoms with Crippen LogP contribution in [0.25, 0.3) is 0 Å². The third-order valence-electron chi connectivity index (χ3n) is 3.45. The maximum Gasteiger partial charge on any atom is 0.317 e. The van der Waals surface area contributed by atoms with Gasteiger partial charge in [-0.25, -0.2) is 4.79 Å². The van der Waals surface area contributed by atoms with Gasteiger partial charge < -0.3 is 19.9 Å². The van der Waals surface area contributed by atoms with Crippen LogP contribution in [0.3, 0.4) is 0 Å². The van der Waals surface area contributed by atoms with Crippen LogP contribution in [0.4, 0.5) is 4.79 Å². The zero-order valence-electron chi connectivity index (χ0n) is 12.2. The first-order chi connectivity index (χ1) is 9.65. The molecular formula is C15H23N3O2. The third kappa shape index (κ3) is 4.51. The molecule has 2 rings (SSSR count). The maximum atomic E-state index is 12.0. The summed E-state index contributed by atoms with van der Waals surface area (Å²) in [6.45, 7) is 3.73. The Kier molecular flexibility index (Phi) is 5.38. The number of hydrogen-bond acceptors (Lipinski definition) is 3. The van der Waals surface area contributed by atoms with E-state index in [9.17, 15) is 4.79 Å². The van der Waals surface area contributed by atoms with Gasteiger partial charge in [0.1, 0.15) is 0 Å². The van der Waals surface area contributed by atoms with Crippen LogP contribution in [-0.2, 0) is 11.3 Å². The van der Waals surface area contributed by atoms with Gasteiger partial charge in [0.05, 0.1) is 12.7 Å². The molecule has 1 saturated heterocycles. The molecule has 1 N–H and O–H groups in total. The first-order valence-electron chi connectivity index (χ1n) is 6.98. The maximum absolute atomic E-state index is 12.0. The van der Waals surface area contributed by atoms with Gasteiger partial charge in [-0.1, -0.05) is 30.3 Å². The minimum absolute atomic E-state index is 0.0642. The molecule has 1 aromatic carbocycles. The number of morpholine rings is 1. The van der Waals surface area contributed by atoms with Crippen molar-refractivity contribution < 1.29 is 9.53 Å². The van der Waals surface area contributed by atoms with Crippen molar-refractivity contribution in [3.05, 3.63) is 35.9 Å². The molecule has 1 aliphatic heterocycles. The Morgan fingerprint density at radius 3 is 2.90 bits per heavy atom. The number of ether oxygens (including phenoxy) is 1. The van der Waals surface area contributed by atoms with Crippen molar-refractivity contribution in [2.24, 2.45) is 0 Å². The molecule has 1 aliphatic rings. The van der Waals surface area contributed by atoms with Gasteiger partial charge >= 0.3 is 6.03 Å². The minimum Gasteiger partial charge on any atom is -0.374 e. The van der Waals surface area contributed by atoms with E-state index < -0.39 is 0 Å². The highest BCUT2D eigenvalue weighted by molar-refractivity contribution is 5.73. The van der Waals surface area contributed by atoms with Crippen LogP contribution in [0.15, 0.2) is 30.3 Å². The third-order valence-corrected chi connectivity index (χ3v) is 3.45. The van der Waals surface area contributed by atoms with Crippen LogP contribution >= 0.6 is 0 Å². The first kappa shape index (κ1) is 14.8. The van der Waals surface area contributed by atoms with Crippen molar-refractivity contribution in [2.45, 2.75) is 12.6 Å². The SMILES string of the molecule is CN1CCOC(CN(C)C(=O)NCc2ccccc2)C1. The molecule has 5 nitrogen and oxygen atoms in total. The van der Waals surface area contributed by atoms with E-state index in [4.69, 9.17) is 4.74 Å². The molecule has 0 spiro atoms. The van der Waals surface area contributed by atoms with Gasteiger partial charge in [-0.15, -0.1) is 0 Å². The number of hydrogen-bond donors (Lipinski definition) is 1. The molecule has 0 radical (unpaired) electrons. The molecule has 0 aliphatic carbocycles. The zero-order valence-corrected chi connectivity index (χ0v) is 12.2. The summed E-state index contributed by atoms with van der Waals surface area (Å²) >= 11 is 0. The van der Waals surface area contributed by atoms with Gasteiger partial charge in [-0.2, -0.15) is 0 Å². The lowest BCUT2D eigenvalue weighted by Crippen LogP contribution is -2.48. The van der Waals surface area contributed by atoms with E-state index in [1.807, 2.05) is 30.3 Å². The van der Waals surface area contributed by atoms with E-state index in [0.29, 0.717) is 13.1 Å². The summed E-state index contributed by atoms with van der Waals surface area (Å²) in [4.78, 5) is 15.9. The second-order valence-corrected chi connectivity index (χ2v) is 5.28. The Bertz CT molecular complexity index is 424. The molecule has 0 aromatic heterocycles. The molecule has 20 heavy (non-hydrogen) atoms. The van der Waals surface area contributed by atoms with Gasteiger partial charge in [-0.3, -0.25) is 0 Å². The first-order valence-corrected chi connectivity index (χ1v) is 6.98. The fourth-order valence-corrected chi connectivity index (χ4v) is 2.27. The highest BCUT2D eigenvalue weighted by Crippen LogP contribution is 2.05. The van der Waals surface area contributed by atoms with Crippen molar-refractivity contribution >= 4 is 6.03 Å². The van der Waals surface area contributed by atoms with Crippen LogP contribution < -0.4 is 5.32 Å². The number of carbonyl (C=O) groups excluding carboxylic acids is 1. The van der Waals surface area contributed by atoms with Gasteiger partial charge in [-0.05, 0) is 12.6 Å². The molecule has 110 valence electrons. The van der Waals surface area contributed by atoms with Crippen molar-refractivity contribution in [2.75, 3.05) is 40.3 Å². The van der Waals surface area contributed by atoms with E-state index in [1.165, 1.54) is 0 Å². The molecule has 1 unspecified atom stereocenters. The van der Waals surface area contributed by atoms with Gasteiger partial charge in [0.2, 0.25) is 0 Å². The molecule has 0 bridgehead atoms. The number of rotatable bonds is 4. The van der Waals surface area contributed by atoms with E-state index in [2.05, 4.69) is 17.3 Å². The Labute approximate surface area is 120 Å². The van der Waals surface area contributed by atoms with Crippen LogP contribution in [0.1, 0.15) is 5.56 Å². The second kappa shape index (κ2) is 7.26. The van der Waals surface area contributed by atoms with Crippen LogP contribution in [0, 0.1) is 0 Å². The Morgan fingerprint density at radius 1 is 1.45 bits per heavy atom. The van der Waals surface area contributed by atoms with Crippen molar-refractivity contribution in [1.82, 2.24) is 15.1 Å². The van der Waals surface area contributed by atoms with E-state index >= 15 is 0 Å². The van der Waals surface area contributed by atoms with Gasteiger partial charge in [0, 0.05) is 33.2 Å². The Balaban J connectivity index is 1.74. The molecule has 1 fully saturated rings. The normalized spacial score (nSPS) is 19.6. The molecule has 1 heterocycles. The number of nitrogens with zero attached hydrogens (tertiary/aromatic N) is 2. The molecular weight excluding hydrogens is 254 g/mol. The van der Waals surface area contributed by atoms with Crippen molar-refractivity contribution in [3.63, 3.8) is 0 Å². The van der Waals surface area contributed by atoms with E-state index in [-0.39, 0.29) is 12.1 Å². The van der Waals surface area contributed by atoms with E-state index in [0.717, 1.165) is 25.3 Å². The molecule has 1 atom stereocenters. The van der Waals surface area contributed by atoms with E-state index in [1.54, 1.807) is 11.9 Å². The lowest BCUT2D eigenvalue weighted by Gasteiger charge is -2.32. The summed E-state index contributed by atoms with van der Waals surface area (Å²) in [5.74, 6) is 0. The summed E-state index contributed by atoms with van der Waals surface area (Å²) < 4.78 is 5.67. The number of carbonyl (C=O) groups is 1. The molecule has 5 heteroatoms. The number of benzene rings is 1. The summed E-state index contributed by atoms with van der Waals surface area (Å²) in [7, 11) is 3.88. The monoisotopic (exact) mass is 277 g/mol. The predicted octanol–water partition coefficient (Wildman–Crippen LogP) is 1.16. The smallest absolute Gasteiger partial charge is 0.317 e. The fraction of sp³-hybridized carbons (Fsp3) is 0.533. The standard InChI is InChI=1S/C15H23N3O2/c1-17-8-9-20-14(11-17)12-18(2)15(19)16-10-13-6-4-3-5-7-13/h3-7,14H,8-12H2,1-2H3,(H,16,19). The molecule has 0 saturated carbocycles. The number of urea groups is 1. The summed E-state index contributed by atoms with van der Waals surface area (Å²) in [5.41, 5.74) is 1.10. The lowest BCUT2D eigenvalue weighted by atomic mass is 10.2. The Hall–Kier alpha value is -1.59. The number of likely N-dealkylation sites (N-methyl/N-ethyl adjacent to an activating group) is 2. The average molecular weight is 277 g/mol. The summed E-state index contributed by atoms with van der Waals surface area (Å²) in [5, 5.41) is 2.92. The highest BCUT2D eigenvalue weighted by atomic mass is 16.5. The number of nitrogens with one attached hydrogen (secondary N) is 1. The predicted molar refractivity (Wildman–Crippen MR) is 78.5 cm³/mol. The van der Waals surface area contributed by atoms with Gasteiger partial charge in [0.25, 0.3) is 0 Å². The van der Waals surface area contributed by atoms with Gasteiger partial charge in [0.15, 0.2) is 0 Å². The van der Waals surface area contributed by atoms with Crippen LogP contribution in [-0.4, -0.2) is 62.3 Å². The molecule has 1 aromatic rings. The second-order valence-electron chi connectivity index (χ2n) is 5.28. The van der Waals surface area contributed by atoms with Crippen LogP contribution in [0.2, 0.25) is 0 Å². The number of amides is 2. The minimum atomic E-state index is -0.0642. The zero-order chi connectivity index (χ0) is 14.4. The average Bonchev–Trinajstić information content (AvgIpc) is 2.46. The Morgan fingerprint density at radius 2 is 2.20 bits per heavy atom. The quantitative estimate of drug-likeness (QED) is 0.898. The lowest BCUT2D eigenvalue weighted by molar-refractivity contribution is -0.0281. The summed E-state index contributed by atoms with van der Waals surface area (Å²) in [6, 6.07) is 9.84. The summed E-state index contributed by atoms with van der Waals surface area (Å²) in [6.07, 6.45) is 0.0984. The van der Waals surface area contributed by atoms with Crippen LogP contribution in [0.5, 0.6) is 0 Å².